The number of piperazine rings is 2. The minimum absolute atomic E-state index is 0.138. The van der Waals surface area contributed by atoms with Crippen molar-refractivity contribution in [2.24, 2.45) is 0 Å². The standard InChI is InChI=1S/C24H33ClN6O3S/c1-3-8-27-10-12-29(13-11-27)24(32)22-19-30(9-4-2)26-23(22)35(33,34)31-16-14-28(15-17-31)21-7-5-6-20(25)18-21/h3,5-7,18-19H,1,4,8-17H2,2H3. The minimum atomic E-state index is -3.93. The van der Waals surface area contributed by atoms with Gasteiger partial charge < -0.3 is 9.80 Å². The second-order valence-electron chi connectivity index (χ2n) is 8.86. The van der Waals surface area contributed by atoms with E-state index >= 15 is 0 Å². The number of anilines is 1. The number of aromatic nitrogens is 2. The Morgan fingerprint density at radius 3 is 2.46 bits per heavy atom. The van der Waals surface area contributed by atoms with Gasteiger partial charge >= 0.3 is 0 Å². The lowest BCUT2D eigenvalue weighted by molar-refractivity contribution is 0.0646. The zero-order valence-electron chi connectivity index (χ0n) is 20.1. The van der Waals surface area contributed by atoms with Crippen LogP contribution >= 0.6 is 11.6 Å². The van der Waals surface area contributed by atoms with Crippen molar-refractivity contribution >= 4 is 33.2 Å². The van der Waals surface area contributed by atoms with Crippen LogP contribution in [0.2, 0.25) is 5.02 Å². The normalized spacial score (nSPS) is 18.1. The zero-order valence-corrected chi connectivity index (χ0v) is 21.7. The van der Waals surface area contributed by atoms with Gasteiger partial charge in [-0.15, -0.1) is 6.58 Å². The van der Waals surface area contributed by atoms with Crippen molar-refractivity contribution in [2.45, 2.75) is 24.9 Å². The number of aryl methyl sites for hydroxylation is 1. The minimum Gasteiger partial charge on any atom is -0.369 e. The molecule has 0 N–H and O–H groups in total. The van der Waals surface area contributed by atoms with Gasteiger partial charge in [0, 0.05) is 82.4 Å². The lowest BCUT2D eigenvalue weighted by atomic mass is 10.2. The molecule has 0 unspecified atom stereocenters. The number of halogens is 1. The SMILES string of the molecule is C=CCN1CCN(C(=O)c2cn(CCC)nc2S(=O)(=O)N2CCN(c3cccc(Cl)c3)CC2)CC1. The van der Waals surface area contributed by atoms with Crippen molar-refractivity contribution in [3.8, 4) is 0 Å². The molecule has 1 aromatic heterocycles. The quantitative estimate of drug-likeness (QED) is 0.497. The molecule has 4 rings (SSSR count). The molecule has 2 saturated heterocycles. The molecule has 2 fully saturated rings. The Bertz CT molecular complexity index is 1150. The summed E-state index contributed by atoms with van der Waals surface area (Å²) < 4.78 is 30.4. The molecule has 2 aromatic rings. The highest BCUT2D eigenvalue weighted by atomic mass is 35.5. The summed E-state index contributed by atoms with van der Waals surface area (Å²) in [5, 5.41) is 4.89. The molecule has 35 heavy (non-hydrogen) atoms. The fraction of sp³-hybridized carbons (Fsp3) is 0.500. The van der Waals surface area contributed by atoms with Gasteiger partial charge in [-0.3, -0.25) is 14.4 Å². The number of benzene rings is 1. The number of carbonyl (C=O) groups is 1. The first-order valence-electron chi connectivity index (χ1n) is 12.0. The van der Waals surface area contributed by atoms with Crippen molar-refractivity contribution in [2.75, 3.05) is 63.8 Å². The van der Waals surface area contributed by atoms with Gasteiger partial charge in [0.15, 0.2) is 0 Å². The lowest BCUT2D eigenvalue weighted by Gasteiger charge is -2.35. The third-order valence-corrected chi connectivity index (χ3v) is 8.52. The van der Waals surface area contributed by atoms with Crippen LogP contribution in [0, 0.1) is 0 Å². The molecule has 3 heterocycles. The van der Waals surface area contributed by atoms with Gasteiger partial charge in [-0.2, -0.15) is 9.40 Å². The van der Waals surface area contributed by atoms with Gasteiger partial charge in [0.2, 0.25) is 5.03 Å². The van der Waals surface area contributed by atoms with Crippen LogP contribution in [-0.4, -0.2) is 97.1 Å². The second-order valence-corrected chi connectivity index (χ2v) is 11.2. The van der Waals surface area contributed by atoms with E-state index in [0.29, 0.717) is 50.8 Å². The summed E-state index contributed by atoms with van der Waals surface area (Å²) in [6, 6.07) is 7.55. The van der Waals surface area contributed by atoms with Crippen LogP contribution in [0.1, 0.15) is 23.7 Å². The van der Waals surface area contributed by atoms with Gasteiger partial charge in [-0.05, 0) is 24.6 Å². The molecule has 0 atom stereocenters. The maximum atomic E-state index is 13.7. The van der Waals surface area contributed by atoms with E-state index in [9.17, 15) is 13.2 Å². The number of hydrogen-bond donors (Lipinski definition) is 0. The predicted molar refractivity (Wildman–Crippen MR) is 137 cm³/mol. The van der Waals surface area contributed by atoms with Gasteiger partial charge in [0.25, 0.3) is 15.9 Å². The van der Waals surface area contributed by atoms with Crippen molar-refractivity contribution in [3.05, 3.63) is 53.7 Å². The molecule has 0 aliphatic carbocycles. The molecule has 11 heteroatoms. The molecule has 1 aromatic carbocycles. The third kappa shape index (κ3) is 5.72. The highest BCUT2D eigenvalue weighted by Crippen LogP contribution is 2.25. The Labute approximate surface area is 212 Å². The van der Waals surface area contributed by atoms with E-state index in [1.165, 1.54) is 4.31 Å². The molecule has 2 aliphatic heterocycles. The van der Waals surface area contributed by atoms with Crippen LogP contribution in [0.4, 0.5) is 5.69 Å². The summed E-state index contributed by atoms with van der Waals surface area (Å²) in [5.41, 5.74) is 1.13. The lowest BCUT2D eigenvalue weighted by Crippen LogP contribution is -2.50. The molecule has 0 saturated carbocycles. The van der Waals surface area contributed by atoms with Crippen LogP contribution in [-0.2, 0) is 16.6 Å². The van der Waals surface area contributed by atoms with Crippen molar-refractivity contribution < 1.29 is 13.2 Å². The van der Waals surface area contributed by atoms with E-state index in [-0.39, 0.29) is 16.5 Å². The average molecular weight is 521 g/mol. The Balaban J connectivity index is 1.52. The molecule has 0 radical (unpaired) electrons. The number of carbonyl (C=O) groups excluding carboxylic acids is 1. The Morgan fingerprint density at radius 1 is 1.11 bits per heavy atom. The van der Waals surface area contributed by atoms with Gasteiger partial charge in [-0.25, -0.2) is 8.42 Å². The summed E-state index contributed by atoms with van der Waals surface area (Å²) in [4.78, 5) is 19.5. The van der Waals surface area contributed by atoms with E-state index < -0.39 is 10.0 Å². The van der Waals surface area contributed by atoms with Crippen LogP contribution in [0.15, 0.2) is 48.1 Å². The summed E-state index contributed by atoms with van der Waals surface area (Å²) in [7, 11) is -3.93. The maximum absolute atomic E-state index is 13.7. The highest BCUT2D eigenvalue weighted by molar-refractivity contribution is 7.89. The third-order valence-electron chi connectivity index (χ3n) is 6.45. The van der Waals surface area contributed by atoms with Gasteiger partial charge in [0.05, 0.1) is 5.56 Å². The smallest absolute Gasteiger partial charge is 0.263 e. The van der Waals surface area contributed by atoms with Crippen LogP contribution < -0.4 is 4.90 Å². The molecule has 1 amide bonds. The molecule has 0 bridgehead atoms. The number of rotatable bonds is 8. The number of sulfonamides is 1. The summed E-state index contributed by atoms with van der Waals surface area (Å²) in [6.45, 7) is 11.3. The van der Waals surface area contributed by atoms with Crippen molar-refractivity contribution in [1.29, 1.82) is 0 Å². The van der Waals surface area contributed by atoms with E-state index in [1.807, 2.05) is 37.3 Å². The monoisotopic (exact) mass is 520 g/mol. The Kier molecular flexibility index (Phi) is 8.16. The molecular weight excluding hydrogens is 488 g/mol. The molecule has 0 spiro atoms. The van der Waals surface area contributed by atoms with Gasteiger partial charge in [-0.1, -0.05) is 30.7 Å². The predicted octanol–water partition coefficient (Wildman–Crippen LogP) is 2.40. The van der Waals surface area contributed by atoms with Crippen molar-refractivity contribution in [3.63, 3.8) is 0 Å². The molecule has 9 nitrogen and oxygen atoms in total. The molecule has 2 aliphatic rings. The maximum Gasteiger partial charge on any atom is 0.263 e. The summed E-state index contributed by atoms with van der Waals surface area (Å²) in [5.74, 6) is -0.276. The fourth-order valence-electron chi connectivity index (χ4n) is 4.55. The van der Waals surface area contributed by atoms with E-state index in [2.05, 4.69) is 21.5 Å². The number of nitrogens with zero attached hydrogens (tertiary/aromatic N) is 6. The Morgan fingerprint density at radius 2 is 1.83 bits per heavy atom. The average Bonchev–Trinajstić information content (AvgIpc) is 3.29. The number of amides is 1. The summed E-state index contributed by atoms with van der Waals surface area (Å²) >= 11 is 6.12. The van der Waals surface area contributed by atoms with Crippen LogP contribution in [0.3, 0.4) is 0 Å². The highest BCUT2D eigenvalue weighted by Gasteiger charge is 2.36. The first-order chi connectivity index (χ1) is 16.8. The topological polar surface area (TPSA) is 82.0 Å². The van der Waals surface area contributed by atoms with Crippen LogP contribution in [0.5, 0.6) is 0 Å². The largest absolute Gasteiger partial charge is 0.369 e. The van der Waals surface area contributed by atoms with Crippen molar-refractivity contribution in [1.82, 2.24) is 23.9 Å². The van der Waals surface area contributed by atoms with E-state index in [4.69, 9.17) is 11.6 Å². The zero-order chi connectivity index (χ0) is 25.0. The van der Waals surface area contributed by atoms with Gasteiger partial charge in [0.1, 0.15) is 0 Å². The molecular formula is C24H33ClN6O3S. The number of hydrogen-bond acceptors (Lipinski definition) is 6. The molecule has 190 valence electrons. The fourth-order valence-corrected chi connectivity index (χ4v) is 6.25. The summed E-state index contributed by atoms with van der Waals surface area (Å²) in [6.07, 6.45) is 4.23. The van der Waals surface area contributed by atoms with E-state index in [1.54, 1.807) is 15.8 Å². The van der Waals surface area contributed by atoms with E-state index in [0.717, 1.165) is 31.7 Å². The Hall–Kier alpha value is -2.40. The first kappa shape index (κ1) is 25.7. The van der Waals surface area contributed by atoms with Crippen LogP contribution in [0.25, 0.3) is 0 Å². The second kappa shape index (κ2) is 11.1. The first-order valence-corrected chi connectivity index (χ1v) is 13.9.